The van der Waals surface area contributed by atoms with E-state index in [0.717, 1.165) is 31.5 Å². The Balaban J connectivity index is 1.49. The maximum atomic E-state index is 12.3. The van der Waals surface area contributed by atoms with Crippen LogP contribution in [0.5, 0.6) is 0 Å². The van der Waals surface area contributed by atoms with Crippen LogP contribution in [0.2, 0.25) is 0 Å². The first kappa shape index (κ1) is 19.4. The van der Waals surface area contributed by atoms with Crippen LogP contribution in [0.15, 0.2) is 41.4 Å². The molecule has 142 valence electrons. The molecule has 1 saturated heterocycles. The number of carbonyl (C=O) groups is 2. The van der Waals surface area contributed by atoms with Gasteiger partial charge in [0.25, 0.3) is 5.91 Å². The van der Waals surface area contributed by atoms with Gasteiger partial charge >= 0.3 is 0 Å². The average Bonchev–Trinajstić information content (AvgIpc) is 2.68. The van der Waals surface area contributed by atoms with Crippen molar-refractivity contribution in [3.05, 3.63) is 47.5 Å². The molecule has 2 amide bonds. The van der Waals surface area contributed by atoms with Crippen LogP contribution >= 0.6 is 11.8 Å². The van der Waals surface area contributed by atoms with E-state index in [-0.39, 0.29) is 11.8 Å². The van der Waals surface area contributed by atoms with Gasteiger partial charge in [-0.3, -0.25) is 9.59 Å². The van der Waals surface area contributed by atoms with Crippen molar-refractivity contribution in [2.24, 2.45) is 5.92 Å². The van der Waals surface area contributed by atoms with Gasteiger partial charge < -0.3 is 10.2 Å². The van der Waals surface area contributed by atoms with E-state index >= 15 is 0 Å². The number of carbonyl (C=O) groups excluding carboxylic acids is 2. The van der Waals surface area contributed by atoms with Crippen molar-refractivity contribution in [3.63, 3.8) is 0 Å². The normalized spacial score (nSPS) is 14.8. The van der Waals surface area contributed by atoms with Crippen LogP contribution in [0.4, 0.5) is 5.82 Å². The Labute approximate surface area is 163 Å². The fraction of sp³-hybridized carbons (Fsp3) is 0.400. The van der Waals surface area contributed by atoms with Crippen molar-refractivity contribution in [3.8, 4) is 0 Å². The predicted octanol–water partition coefficient (Wildman–Crippen LogP) is 3.39. The summed E-state index contributed by atoms with van der Waals surface area (Å²) in [4.78, 5) is 26.4. The highest BCUT2D eigenvalue weighted by Gasteiger charge is 2.20. The summed E-state index contributed by atoms with van der Waals surface area (Å²) in [5.41, 5.74) is 1.67. The molecule has 0 saturated carbocycles. The summed E-state index contributed by atoms with van der Waals surface area (Å²) >= 11 is 1.37. The molecule has 1 fully saturated rings. The van der Waals surface area contributed by atoms with E-state index in [9.17, 15) is 9.59 Å². The Kier molecular flexibility index (Phi) is 6.45. The SMILES string of the molecule is Cc1ccc(C(=O)Nc2ccc(SCC(=O)N3CCC(C)CC3)nn2)cc1. The second-order valence-electron chi connectivity index (χ2n) is 6.93. The molecule has 1 aromatic carbocycles. The Bertz CT molecular complexity index is 785. The zero-order valence-electron chi connectivity index (χ0n) is 15.6. The quantitative estimate of drug-likeness (QED) is 0.800. The minimum absolute atomic E-state index is 0.144. The van der Waals surface area contributed by atoms with E-state index in [1.54, 1.807) is 24.3 Å². The predicted molar refractivity (Wildman–Crippen MR) is 107 cm³/mol. The molecule has 0 aliphatic carbocycles. The molecular formula is C20H24N4O2S. The van der Waals surface area contributed by atoms with Gasteiger partial charge in [-0.15, -0.1) is 10.2 Å². The smallest absolute Gasteiger partial charge is 0.256 e. The third kappa shape index (κ3) is 5.53. The summed E-state index contributed by atoms with van der Waals surface area (Å²) in [6, 6.07) is 10.8. The number of aryl methyl sites for hydroxylation is 1. The van der Waals surface area contributed by atoms with Crippen molar-refractivity contribution >= 4 is 29.4 Å². The number of benzene rings is 1. The number of hydrogen-bond donors (Lipinski definition) is 1. The van der Waals surface area contributed by atoms with Gasteiger partial charge in [-0.25, -0.2) is 0 Å². The first-order valence-electron chi connectivity index (χ1n) is 9.13. The number of hydrogen-bond acceptors (Lipinski definition) is 5. The summed E-state index contributed by atoms with van der Waals surface area (Å²) in [6.07, 6.45) is 2.15. The van der Waals surface area contributed by atoms with Gasteiger partial charge in [0.15, 0.2) is 5.82 Å². The maximum Gasteiger partial charge on any atom is 0.256 e. The molecule has 7 heteroatoms. The molecule has 27 heavy (non-hydrogen) atoms. The molecule has 2 heterocycles. The number of amides is 2. The molecule has 0 radical (unpaired) electrons. The number of rotatable bonds is 5. The summed E-state index contributed by atoms with van der Waals surface area (Å²) < 4.78 is 0. The van der Waals surface area contributed by atoms with Crippen LogP contribution < -0.4 is 5.32 Å². The second-order valence-corrected chi connectivity index (χ2v) is 7.92. The van der Waals surface area contributed by atoms with E-state index in [1.807, 2.05) is 24.0 Å². The van der Waals surface area contributed by atoms with Crippen LogP contribution in [0.3, 0.4) is 0 Å². The lowest BCUT2D eigenvalue weighted by Crippen LogP contribution is -2.38. The summed E-state index contributed by atoms with van der Waals surface area (Å²) in [7, 11) is 0. The summed E-state index contributed by atoms with van der Waals surface area (Å²) in [5, 5.41) is 11.5. The van der Waals surface area contributed by atoms with Crippen molar-refractivity contribution < 1.29 is 9.59 Å². The number of anilines is 1. The molecular weight excluding hydrogens is 360 g/mol. The molecule has 1 aromatic heterocycles. The lowest BCUT2D eigenvalue weighted by atomic mass is 9.99. The van der Waals surface area contributed by atoms with Crippen LogP contribution in [0, 0.1) is 12.8 Å². The Hall–Kier alpha value is -2.41. The van der Waals surface area contributed by atoms with Crippen LogP contribution in [-0.4, -0.2) is 45.8 Å². The summed E-state index contributed by atoms with van der Waals surface area (Å²) in [6.45, 7) is 5.89. The van der Waals surface area contributed by atoms with Crippen LogP contribution in [-0.2, 0) is 4.79 Å². The first-order chi connectivity index (χ1) is 13.0. The van der Waals surface area contributed by atoms with Crippen molar-refractivity contribution in [2.45, 2.75) is 31.7 Å². The number of nitrogens with one attached hydrogen (secondary N) is 1. The van der Waals surface area contributed by atoms with Crippen molar-refractivity contribution in [1.82, 2.24) is 15.1 Å². The fourth-order valence-corrected chi connectivity index (χ4v) is 3.56. The molecule has 0 spiro atoms. The third-order valence-electron chi connectivity index (χ3n) is 4.68. The fourth-order valence-electron chi connectivity index (χ4n) is 2.84. The van der Waals surface area contributed by atoms with E-state index in [4.69, 9.17) is 0 Å². The van der Waals surface area contributed by atoms with E-state index < -0.39 is 0 Å². The van der Waals surface area contributed by atoms with Crippen LogP contribution in [0.1, 0.15) is 35.7 Å². The highest BCUT2D eigenvalue weighted by molar-refractivity contribution is 7.99. The van der Waals surface area contributed by atoms with Gasteiger partial charge in [0.05, 0.1) is 5.75 Å². The lowest BCUT2D eigenvalue weighted by Gasteiger charge is -2.30. The Morgan fingerprint density at radius 1 is 1.11 bits per heavy atom. The molecule has 2 aromatic rings. The average molecular weight is 385 g/mol. The number of thioether (sulfide) groups is 1. The zero-order valence-corrected chi connectivity index (χ0v) is 16.5. The largest absolute Gasteiger partial charge is 0.342 e. The van der Waals surface area contributed by atoms with Gasteiger partial charge in [-0.05, 0) is 49.9 Å². The standard InChI is InChI=1S/C20H24N4O2S/c1-14-3-5-16(6-4-14)20(26)21-17-7-8-18(23-22-17)27-13-19(25)24-11-9-15(2)10-12-24/h3-8,15H,9-13H2,1-2H3,(H,21,22,26). The summed E-state index contributed by atoms with van der Waals surface area (Å²) in [5.74, 6) is 1.37. The highest BCUT2D eigenvalue weighted by atomic mass is 32.2. The molecule has 1 aliphatic heterocycles. The number of likely N-dealkylation sites (tertiary alicyclic amines) is 1. The number of piperidine rings is 1. The zero-order chi connectivity index (χ0) is 19.2. The second kappa shape index (κ2) is 8.99. The highest BCUT2D eigenvalue weighted by Crippen LogP contribution is 2.20. The minimum Gasteiger partial charge on any atom is -0.342 e. The molecule has 3 rings (SSSR count). The molecule has 0 bridgehead atoms. The van der Waals surface area contributed by atoms with Gasteiger partial charge in [-0.2, -0.15) is 0 Å². The van der Waals surface area contributed by atoms with Crippen LogP contribution in [0.25, 0.3) is 0 Å². The number of nitrogens with zero attached hydrogens (tertiary/aromatic N) is 3. The lowest BCUT2D eigenvalue weighted by molar-refractivity contribution is -0.129. The first-order valence-corrected chi connectivity index (χ1v) is 10.1. The molecule has 6 nitrogen and oxygen atoms in total. The van der Waals surface area contributed by atoms with Gasteiger partial charge in [0, 0.05) is 18.7 Å². The number of aromatic nitrogens is 2. The molecule has 1 N–H and O–H groups in total. The van der Waals surface area contributed by atoms with Crippen molar-refractivity contribution in [1.29, 1.82) is 0 Å². The Morgan fingerprint density at radius 3 is 2.44 bits per heavy atom. The monoisotopic (exact) mass is 384 g/mol. The molecule has 0 unspecified atom stereocenters. The molecule has 1 aliphatic rings. The van der Waals surface area contributed by atoms with E-state index in [1.165, 1.54) is 11.8 Å². The van der Waals surface area contributed by atoms with Gasteiger partial charge in [-0.1, -0.05) is 36.4 Å². The topological polar surface area (TPSA) is 75.2 Å². The van der Waals surface area contributed by atoms with Gasteiger partial charge in [0.2, 0.25) is 5.91 Å². The minimum atomic E-state index is -0.223. The maximum absolute atomic E-state index is 12.3. The van der Waals surface area contributed by atoms with Crippen molar-refractivity contribution in [2.75, 3.05) is 24.2 Å². The van der Waals surface area contributed by atoms with Gasteiger partial charge in [0.1, 0.15) is 5.03 Å². The third-order valence-corrected chi connectivity index (χ3v) is 5.58. The van der Waals surface area contributed by atoms with E-state index in [2.05, 4.69) is 22.4 Å². The molecule has 0 atom stereocenters. The Morgan fingerprint density at radius 2 is 1.81 bits per heavy atom. The van der Waals surface area contributed by atoms with E-state index in [0.29, 0.717) is 28.1 Å².